The van der Waals surface area contributed by atoms with Gasteiger partial charge in [-0.25, -0.2) is 9.97 Å². The molecule has 102 valence electrons. The Labute approximate surface area is 123 Å². The number of ether oxygens (including phenoxy) is 1. The number of hydrogen-bond donors (Lipinski definition) is 1. The molecule has 0 aliphatic carbocycles. The fourth-order valence-electron chi connectivity index (χ4n) is 1.67. The number of hydrogen-bond acceptors (Lipinski definition) is 4. The number of halogens is 1. The third kappa shape index (κ3) is 3.32. The molecule has 1 aromatic heterocycles. The summed E-state index contributed by atoms with van der Waals surface area (Å²) in [4.78, 5) is 9.05. The number of aromatic nitrogens is 2. The zero-order chi connectivity index (χ0) is 13.9. The summed E-state index contributed by atoms with van der Waals surface area (Å²) in [6.07, 6.45) is 1.71. The average Bonchev–Trinajstić information content (AvgIpc) is 2.33. The Balaban J connectivity index is 3.27. The van der Waals surface area contributed by atoms with Gasteiger partial charge in [-0.05, 0) is 48.3 Å². The second kappa shape index (κ2) is 6.14. The molecule has 0 aliphatic rings. The molecular formula is C13H22IN3O. The van der Waals surface area contributed by atoms with Crippen LogP contribution in [0.2, 0.25) is 0 Å². The summed E-state index contributed by atoms with van der Waals surface area (Å²) in [7, 11) is 1.68. The van der Waals surface area contributed by atoms with Gasteiger partial charge in [0, 0.05) is 7.11 Å². The van der Waals surface area contributed by atoms with Gasteiger partial charge in [-0.2, -0.15) is 0 Å². The maximum atomic E-state index is 5.99. The lowest BCUT2D eigenvalue weighted by Crippen LogP contribution is -2.28. The van der Waals surface area contributed by atoms with E-state index in [2.05, 4.69) is 53.3 Å². The third-order valence-electron chi connectivity index (χ3n) is 3.15. The van der Waals surface area contributed by atoms with Gasteiger partial charge in [0.25, 0.3) is 0 Å². The first kappa shape index (κ1) is 15.6. The maximum absolute atomic E-state index is 5.99. The molecule has 4 nitrogen and oxygen atoms in total. The molecule has 1 unspecified atom stereocenters. The highest BCUT2D eigenvalue weighted by atomic mass is 127. The highest BCUT2D eigenvalue weighted by Crippen LogP contribution is 2.28. The van der Waals surface area contributed by atoms with Gasteiger partial charge in [0.1, 0.15) is 11.4 Å². The zero-order valence-corrected chi connectivity index (χ0v) is 13.9. The average molecular weight is 363 g/mol. The molecule has 1 heterocycles. The molecule has 5 heteroatoms. The standard InChI is InChI=1S/C13H22IN3O/c1-6-13(4,18-5)12-16-9(7-8(2)3)10(14)11(15)17-12/h8H,6-7H2,1-5H3,(H2,15,16,17). The van der Waals surface area contributed by atoms with Crippen LogP contribution in [0.4, 0.5) is 5.82 Å². The van der Waals surface area contributed by atoms with Crippen LogP contribution in [0.25, 0.3) is 0 Å². The predicted octanol–water partition coefficient (Wildman–Crippen LogP) is 3.13. The molecule has 1 atom stereocenters. The minimum Gasteiger partial charge on any atom is -0.383 e. The Morgan fingerprint density at radius 3 is 2.44 bits per heavy atom. The molecule has 0 saturated heterocycles. The SMILES string of the molecule is CCC(C)(OC)c1nc(N)c(I)c(CC(C)C)n1. The fraction of sp³-hybridized carbons (Fsp3) is 0.692. The second-order valence-electron chi connectivity index (χ2n) is 5.08. The van der Waals surface area contributed by atoms with Crippen LogP contribution in [0.5, 0.6) is 0 Å². The van der Waals surface area contributed by atoms with Crippen molar-refractivity contribution < 1.29 is 4.74 Å². The van der Waals surface area contributed by atoms with Crippen LogP contribution in [0, 0.1) is 9.49 Å². The molecule has 0 amide bonds. The summed E-state index contributed by atoms with van der Waals surface area (Å²) in [6.45, 7) is 8.39. The first-order valence-electron chi connectivity index (χ1n) is 6.21. The molecule has 2 N–H and O–H groups in total. The number of anilines is 1. The summed E-state index contributed by atoms with van der Waals surface area (Å²) >= 11 is 2.22. The van der Waals surface area contributed by atoms with E-state index < -0.39 is 5.60 Å². The van der Waals surface area contributed by atoms with Crippen LogP contribution >= 0.6 is 22.6 Å². The summed E-state index contributed by atoms with van der Waals surface area (Å²) in [6, 6.07) is 0. The lowest BCUT2D eigenvalue weighted by atomic mass is 10.0. The van der Waals surface area contributed by atoms with Crippen LogP contribution in [-0.2, 0) is 16.8 Å². The van der Waals surface area contributed by atoms with Gasteiger partial charge in [0.2, 0.25) is 0 Å². The van der Waals surface area contributed by atoms with Crippen molar-refractivity contribution in [1.82, 2.24) is 9.97 Å². The normalized spacial score (nSPS) is 14.8. The van der Waals surface area contributed by atoms with E-state index in [1.807, 2.05) is 6.92 Å². The Morgan fingerprint density at radius 2 is 2.00 bits per heavy atom. The molecule has 0 fully saturated rings. The van der Waals surface area contributed by atoms with Gasteiger partial charge in [0.15, 0.2) is 5.82 Å². The van der Waals surface area contributed by atoms with Crippen molar-refractivity contribution in [3.05, 3.63) is 15.1 Å². The van der Waals surface area contributed by atoms with Gasteiger partial charge in [-0.1, -0.05) is 20.8 Å². The van der Waals surface area contributed by atoms with Crippen molar-refractivity contribution in [3.8, 4) is 0 Å². The highest BCUT2D eigenvalue weighted by molar-refractivity contribution is 14.1. The van der Waals surface area contributed by atoms with Crippen molar-refractivity contribution in [1.29, 1.82) is 0 Å². The smallest absolute Gasteiger partial charge is 0.162 e. The van der Waals surface area contributed by atoms with E-state index in [1.54, 1.807) is 7.11 Å². The van der Waals surface area contributed by atoms with Gasteiger partial charge >= 0.3 is 0 Å². The molecule has 1 rings (SSSR count). The van der Waals surface area contributed by atoms with Gasteiger partial charge in [-0.15, -0.1) is 0 Å². The Kier molecular flexibility index (Phi) is 5.33. The Hall–Kier alpha value is -0.430. The van der Waals surface area contributed by atoms with Crippen molar-refractivity contribution in [2.75, 3.05) is 12.8 Å². The second-order valence-corrected chi connectivity index (χ2v) is 6.16. The molecule has 0 aromatic carbocycles. The highest BCUT2D eigenvalue weighted by Gasteiger charge is 2.29. The monoisotopic (exact) mass is 363 g/mol. The van der Waals surface area contributed by atoms with E-state index in [9.17, 15) is 0 Å². The molecule has 1 aromatic rings. The van der Waals surface area contributed by atoms with E-state index in [4.69, 9.17) is 10.5 Å². The lowest BCUT2D eigenvalue weighted by Gasteiger charge is -2.26. The summed E-state index contributed by atoms with van der Waals surface area (Å²) in [5.74, 6) is 1.77. The topological polar surface area (TPSA) is 61.0 Å². The summed E-state index contributed by atoms with van der Waals surface area (Å²) in [5.41, 5.74) is 6.54. The molecule has 0 spiro atoms. The van der Waals surface area contributed by atoms with Crippen LogP contribution in [0.3, 0.4) is 0 Å². The van der Waals surface area contributed by atoms with E-state index in [1.165, 1.54) is 0 Å². The zero-order valence-electron chi connectivity index (χ0n) is 11.7. The first-order valence-corrected chi connectivity index (χ1v) is 7.29. The number of nitrogens with two attached hydrogens (primary N) is 1. The lowest BCUT2D eigenvalue weighted by molar-refractivity contribution is -0.00908. The first-order chi connectivity index (χ1) is 8.34. The van der Waals surface area contributed by atoms with Crippen LogP contribution in [0.1, 0.15) is 45.6 Å². The largest absolute Gasteiger partial charge is 0.383 e. The number of methoxy groups -OCH3 is 1. The summed E-state index contributed by atoms with van der Waals surface area (Å²) < 4.78 is 6.50. The minimum absolute atomic E-state index is 0.468. The van der Waals surface area contributed by atoms with Gasteiger partial charge in [-0.3, -0.25) is 0 Å². The number of nitrogen functional groups attached to an aromatic ring is 1. The molecule has 0 radical (unpaired) electrons. The van der Waals surface area contributed by atoms with Gasteiger partial charge in [0.05, 0.1) is 9.26 Å². The maximum Gasteiger partial charge on any atom is 0.162 e. The van der Waals surface area contributed by atoms with Crippen molar-refractivity contribution in [3.63, 3.8) is 0 Å². The molecule has 0 aliphatic heterocycles. The third-order valence-corrected chi connectivity index (χ3v) is 4.32. The Morgan fingerprint density at radius 1 is 1.39 bits per heavy atom. The van der Waals surface area contributed by atoms with Crippen LogP contribution in [0.15, 0.2) is 0 Å². The van der Waals surface area contributed by atoms with Crippen LogP contribution < -0.4 is 5.73 Å². The minimum atomic E-state index is -0.468. The summed E-state index contributed by atoms with van der Waals surface area (Å²) in [5, 5.41) is 0. The van der Waals surface area contributed by atoms with Crippen molar-refractivity contribution >= 4 is 28.4 Å². The number of nitrogens with zero attached hydrogens (tertiary/aromatic N) is 2. The fourth-order valence-corrected chi connectivity index (χ4v) is 2.13. The van der Waals surface area contributed by atoms with E-state index >= 15 is 0 Å². The van der Waals surface area contributed by atoms with E-state index in [-0.39, 0.29) is 0 Å². The Bertz CT molecular complexity index is 417. The van der Waals surface area contributed by atoms with E-state index in [0.29, 0.717) is 17.6 Å². The molecular weight excluding hydrogens is 341 g/mol. The van der Waals surface area contributed by atoms with Crippen molar-refractivity contribution in [2.45, 2.75) is 46.1 Å². The molecule has 0 bridgehead atoms. The molecule has 18 heavy (non-hydrogen) atoms. The van der Waals surface area contributed by atoms with Crippen LogP contribution in [-0.4, -0.2) is 17.1 Å². The van der Waals surface area contributed by atoms with Gasteiger partial charge < -0.3 is 10.5 Å². The quantitative estimate of drug-likeness (QED) is 0.817. The number of rotatable bonds is 5. The molecule has 0 saturated carbocycles. The van der Waals surface area contributed by atoms with E-state index in [0.717, 1.165) is 22.1 Å². The predicted molar refractivity (Wildman–Crippen MR) is 82.4 cm³/mol. The van der Waals surface area contributed by atoms with Crippen molar-refractivity contribution in [2.24, 2.45) is 5.92 Å².